The van der Waals surface area contributed by atoms with E-state index in [1.54, 1.807) is 0 Å². The van der Waals surface area contributed by atoms with Gasteiger partial charge in [-0.2, -0.15) is 0 Å². The number of amides is 1. The Hall–Kier alpha value is -0.360. The van der Waals surface area contributed by atoms with Gasteiger partial charge < -0.3 is 19.9 Å². The fourth-order valence-corrected chi connectivity index (χ4v) is 1.95. The van der Waals surface area contributed by atoms with E-state index in [0.717, 1.165) is 32.7 Å². The first-order valence-corrected chi connectivity index (χ1v) is 5.57. The SMILES string of the molecule is CN1CCN(C(=O)[C@@H]2CNCCO2)CC1.Cl. The monoisotopic (exact) mass is 249 g/mol. The zero-order valence-corrected chi connectivity index (χ0v) is 10.5. The summed E-state index contributed by atoms with van der Waals surface area (Å²) in [6.07, 6.45) is -0.262. The van der Waals surface area contributed by atoms with Crippen molar-refractivity contribution in [2.75, 3.05) is 52.9 Å². The standard InChI is InChI=1S/C10H19N3O2.ClH/c1-12-3-5-13(6-4-12)10(14)9-8-11-2-7-15-9;/h9,11H,2-8H2,1H3;1H/t9-;/m0./s1. The van der Waals surface area contributed by atoms with Gasteiger partial charge in [-0.15, -0.1) is 12.4 Å². The molecule has 2 saturated heterocycles. The topological polar surface area (TPSA) is 44.8 Å². The predicted octanol–water partition coefficient (Wildman–Crippen LogP) is -0.829. The molecule has 1 amide bonds. The van der Waals surface area contributed by atoms with Crippen molar-refractivity contribution in [2.45, 2.75) is 6.10 Å². The second-order valence-corrected chi connectivity index (χ2v) is 4.19. The number of piperazine rings is 1. The van der Waals surface area contributed by atoms with Crippen molar-refractivity contribution in [1.29, 1.82) is 0 Å². The second kappa shape index (κ2) is 6.39. The van der Waals surface area contributed by atoms with Crippen molar-refractivity contribution in [3.63, 3.8) is 0 Å². The average molecular weight is 250 g/mol. The number of hydrogen-bond donors (Lipinski definition) is 1. The van der Waals surface area contributed by atoms with Crippen LogP contribution >= 0.6 is 12.4 Å². The van der Waals surface area contributed by atoms with Crippen LogP contribution in [0.2, 0.25) is 0 Å². The number of carbonyl (C=O) groups excluding carboxylic acids is 1. The Morgan fingerprint density at radius 2 is 2.00 bits per heavy atom. The van der Waals surface area contributed by atoms with Gasteiger partial charge in [0.15, 0.2) is 0 Å². The van der Waals surface area contributed by atoms with Gasteiger partial charge in [0.2, 0.25) is 0 Å². The molecular formula is C10H20ClN3O2. The number of carbonyl (C=O) groups is 1. The molecule has 0 unspecified atom stereocenters. The molecule has 5 nitrogen and oxygen atoms in total. The lowest BCUT2D eigenvalue weighted by molar-refractivity contribution is -0.146. The van der Waals surface area contributed by atoms with Gasteiger partial charge in [0.1, 0.15) is 6.10 Å². The van der Waals surface area contributed by atoms with Gasteiger partial charge in [-0.05, 0) is 7.05 Å². The van der Waals surface area contributed by atoms with Crippen LogP contribution in [0.25, 0.3) is 0 Å². The van der Waals surface area contributed by atoms with Gasteiger partial charge in [0.05, 0.1) is 6.61 Å². The average Bonchev–Trinajstić information content (AvgIpc) is 2.30. The minimum atomic E-state index is -0.262. The molecule has 0 aromatic rings. The van der Waals surface area contributed by atoms with Crippen molar-refractivity contribution < 1.29 is 9.53 Å². The molecule has 2 rings (SSSR count). The first kappa shape index (κ1) is 13.7. The van der Waals surface area contributed by atoms with Crippen molar-refractivity contribution in [3.8, 4) is 0 Å². The Labute approximate surface area is 103 Å². The summed E-state index contributed by atoms with van der Waals surface area (Å²) in [5.41, 5.74) is 0. The van der Waals surface area contributed by atoms with Crippen molar-refractivity contribution >= 4 is 18.3 Å². The highest BCUT2D eigenvalue weighted by molar-refractivity contribution is 5.85. The van der Waals surface area contributed by atoms with Crippen LogP contribution in [0, 0.1) is 0 Å². The third-order valence-electron chi connectivity index (χ3n) is 3.02. The lowest BCUT2D eigenvalue weighted by atomic mass is 10.2. The minimum Gasteiger partial charge on any atom is -0.366 e. The summed E-state index contributed by atoms with van der Waals surface area (Å²) in [6.45, 7) is 5.74. The number of rotatable bonds is 1. The van der Waals surface area contributed by atoms with Crippen molar-refractivity contribution in [2.24, 2.45) is 0 Å². The Balaban J connectivity index is 0.00000128. The van der Waals surface area contributed by atoms with Crippen molar-refractivity contribution in [1.82, 2.24) is 15.1 Å². The summed E-state index contributed by atoms with van der Waals surface area (Å²) in [4.78, 5) is 16.2. The van der Waals surface area contributed by atoms with Gasteiger partial charge >= 0.3 is 0 Å². The summed E-state index contributed by atoms with van der Waals surface area (Å²) in [6, 6.07) is 0. The second-order valence-electron chi connectivity index (χ2n) is 4.19. The zero-order chi connectivity index (χ0) is 10.7. The molecule has 0 radical (unpaired) electrons. The van der Waals surface area contributed by atoms with E-state index in [0.29, 0.717) is 13.2 Å². The minimum absolute atomic E-state index is 0. The van der Waals surface area contributed by atoms with Gasteiger partial charge in [-0.1, -0.05) is 0 Å². The quantitative estimate of drug-likeness (QED) is 0.659. The van der Waals surface area contributed by atoms with E-state index in [9.17, 15) is 4.79 Å². The van der Waals surface area contributed by atoms with Crippen LogP contribution in [-0.4, -0.2) is 74.7 Å². The van der Waals surface area contributed by atoms with E-state index in [2.05, 4.69) is 17.3 Å². The first-order valence-electron chi connectivity index (χ1n) is 5.57. The highest BCUT2D eigenvalue weighted by Gasteiger charge is 2.28. The summed E-state index contributed by atoms with van der Waals surface area (Å²) < 4.78 is 5.45. The summed E-state index contributed by atoms with van der Waals surface area (Å²) in [7, 11) is 2.08. The van der Waals surface area contributed by atoms with Gasteiger partial charge in [0, 0.05) is 39.3 Å². The van der Waals surface area contributed by atoms with Crippen LogP contribution < -0.4 is 5.32 Å². The smallest absolute Gasteiger partial charge is 0.253 e. The molecule has 94 valence electrons. The molecular weight excluding hydrogens is 230 g/mol. The Bertz CT molecular complexity index is 226. The fourth-order valence-electron chi connectivity index (χ4n) is 1.95. The van der Waals surface area contributed by atoms with E-state index < -0.39 is 0 Å². The zero-order valence-electron chi connectivity index (χ0n) is 9.65. The fraction of sp³-hybridized carbons (Fsp3) is 0.900. The molecule has 6 heteroatoms. The third kappa shape index (κ3) is 3.31. The number of halogens is 1. The number of nitrogens with zero attached hydrogens (tertiary/aromatic N) is 2. The number of hydrogen-bond acceptors (Lipinski definition) is 4. The first-order chi connectivity index (χ1) is 7.27. The van der Waals surface area contributed by atoms with Crippen molar-refractivity contribution in [3.05, 3.63) is 0 Å². The summed E-state index contributed by atoms with van der Waals surface area (Å²) in [5, 5.41) is 3.18. The van der Waals surface area contributed by atoms with Crippen LogP contribution in [0.4, 0.5) is 0 Å². The maximum Gasteiger partial charge on any atom is 0.253 e. The van der Waals surface area contributed by atoms with E-state index in [1.807, 2.05) is 4.90 Å². The molecule has 16 heavy (non-hydrogen) atoms. The molecule has 2 heterocycles. The molecule has 0 aromatic carbocycles. The molecule has 0 spiro atoms. The van der Waals surface area contributed by atoms with Gasteiger partial charge in [-0.3, -0.25) is 4.79 Å². The lowest BCUT2D eigenvalue weighted by Crippen LogP contribution is -2.54. The number of morpholine rings is 1. The molecule has 0 aliphatic carbocycles. The van der Waals surface area contributed by atoms with Gasteiger partial charge in [-0.25, -0.2) is 0 Å². The van der Waals surface area contributed by atoms with E-state index in [-0.39, 0.29) is 24.4 Å². The van der Waals surface area contributed by atoms with Crippen LogP contribution in [0.3, 0.4) is 0 Å². The molecule has 2 aliphatic rings. The Morgan fingerprint density at radius 1 is 1.31 bits per heavy atom. The van der Waals surface area contributed by atoms with Crippen LogP contribution in [0.15, 0.2) is 0 Å². The number of ether oxygens (including phenoxy) is 1. The molecule has 1 atom stereocenters. The highest BCUT2D eigenvalue weighted by atomic mass is 35.5. The van der Waals surface area contributed by atoms with E-state index >= 15 is 0 Å². The number of nitrogens with one attached hydrogen (secondary N) is 1. The normalized spacial score (nSPS) is 27.3. The highest BCUT2D eigenvalue weighted by Crippen LogP contribution is 2.06. The summed E-state index contributed by atoms with van der Waals surface area (Å²) in [5.74, 6) is 0.148. The maximum absolute atomic E-state index is 12.0. The largest absolute Gasteiger partial charge is 0.366 e. The Kier molecular flexibility index (Phi) is 5.48. The van der Waals surface area contributed by atoms with Crippen LogP contribution in [0.5, 0.6) is 0 Å². The number of likely N-dealkylation sites (N-methyl/N-ethyl adjacent to an activating group) is 1. The molecule has 0 bridgehead atoms. The maximum atomic E-state index is 12.0. The summed E-state index contributed by atoms with van der Waals surface area (Å²) >= 11 is 0. The van der Waals surface area contributed by atoms with Crippen LogP contribution in [-0.2, 0) is 9.53 Å². The van der Waals surface area contributed by atoms with Gasteiger partial charge in [0.25, 0.3) is 5.91 Å². The molecule has 2 aliphatic heterocycles. The Morgan fingerprint density at radius 3 is 2.56 bits per heavy atom. The van der Waals surface area contributed by atoms with E-state index in [1.165, 1.54) is 0 Å². The lowest BCUT2D eigenvalue weighted by Gasteiger charge is -2.35. The van der Waals surface area contributed by atoms with Crippen LogP contribution in [0.1, 0.15) is 0 Å². The molecule has 0 saturated carbocycles. The predicted molar refractivity (Wildman–Crippen MR) is 63.9 cm³/mol. The molecule has 2 fully saturated rings. The molecule has 1 N–H and O–H groups in total. The van der Waals surface area contributed by atoms with E-state index in [4.69, 9.17) is 4.74 Å². The third-order valence-corrected chi connectivity index (χ3v) is 3.02. The molecule has 0 aromatic heterocycles.